The molecule has 0 aliphatic heterocycles. The molecule has 15 heavy (non-hydrogen) atoms. The van der Waals surface area contributed by atoms with Crippen LogP contribution < -0.4 is 11.1 Å². The Bertz CT molecular complexity index is 227. The van der Waals surface area contributed by atoms with E-state index < -0.39 is 0 Å². The molecule has 0 saturated heterocycles. The van der Waals surface area contributed by atoms with Gasteiger partial charge >= 0.3 is 0 Å². The van der Waals surface area contributed by atoms with Gasteiger partial charge in [-0.15, -0.1) is 0 Å². The molecule has 0 aromatic carbocycles. The number of rotatable bonds is 7. The maximum Gasteiger partial charge on any atom is 0.220 e. The molecule has 0 heterocycles. The van der Waals surface area contributed by atoms with Gasteiger partial charge in [0.15, 0.2) is 0 Å². The molecule has 0 spiro atoms. The van der Waals surface area contributed by atoms with Crippen LogP contribution in [0.3, 0.4) is 0 Å². The molecule has 0 aromatic heterocycles. The summed E-state index contributed by atoms with van der Waals surface area (Å²) in [4.78, 5) is 11.4. The average Bonchev–Trinajstić information content (AvgIpc) is 2.11. The highest BCUT2D eigenvalue weighted by Crippen LogP contribution is 2.25. The van der Waals surface area contributed by atoms with Gasteiger partial charge in [-0.05, 0) is 24.8 Å². The highest BCUT2D eigenvalue weighted by Gasteiger charge is 2.17. The second kappa shape index (κ2) is 7.01. The van der Waals surface area contributed by atoms with Gasteiger partial charge in [0.05, 0.1) is 0 Å². The quantitative estimate of drug-likeness (QED) is 0.749. The van der Waals surface area contributed by atoms with Crippen LogP contribution in [0.4, 0.5) is 0 Å². The first-order valence-corrected chi connectivity index (χ1v) is 5.97. The number of nitrogens with one attached hydrogen (secondary N) is 1. The third kappa shape index (κ3) is 8.63. The van der Waals surface area contributed by atoms with E-state index in [-0.39, 0.29) is 11.3 Å². The molecule has 0 aliphatic rings. The second-order valence-electron chi connectivity index (χ2n) is 4.50. The van der Waals surface area contributed by atoms with Gasteiger partial charge in [-0.1, -0.05) is 36.4 Å². The molecule has 0 atom stereocenters. The molecule has 4 heteroatoms. The van der Waals surface area contributed by atoms with Gasteiger partial charge in [-0.25, -0.2) is 0 Å². The van der Waals surface area contributed by atoms with Crippen molar-refractivity contribution in [3.63, 3.8) is 0 Å². The molecule has 0 fully saturated rings. The van der Waals surface area contributed by atoms with Crippen LogP contribution in [-0.2, 0) is 4.79 Å². The SMILES string of the molecule is C=C(Br)CNC(=O)CCC(C)(C)CCN. The normalized spacial score (nSPS) is 11.2. The van der Waals surface area contributed by atoms with Gasteiger partial charge in [-0.2, -0.15) is 0 Å². The second-order valence-corrected chi connectivity index (χ2v) is 5.62. The first kappa shape index (κ1) is 14.6. The van der Waals surface area contributed by atoms with E-state index in [9.17, 15) is 4.79 Å². The topological polar surface area (TPSA) is 55.1 Å². The summed E-state index contributed by atoms with van der Waals surface area (Å²) in [5.74, 6) is 0.0701. The Morgan fingerprint density at radius 2 is 2.07 bits per heavy atom. The number of carbonyl (C=O) groups is 1. The summed E-state index contributed by atoms with van der Waals surface area (Å²) in [6, 6.07) is 0. The van der Waals surface area contributed by atoms with Crippen molar-refractivity contribution >= 4 is 21.8 Å². The zero-order valence-electron chi connectivity index (χ0n) is 9.61. The first-order chi connectivity index (χ1) is 6.87. The lowest BCUT2D eigenvalue weighted by Crippen LogP contribution is -2.26. The van der Waals surface area contributed by atoms with E-state index >= 15 is 0 Å². The highest BCUT2D eigenvalue weighted by molar-refractivity contribution is 9.11. The van der Waals surface area contributed by atoms with E-state index in [1.807, 2.05) is 0 Å². The maximum atomic E-state index is 11.4. The lowest BCUT2D eigenvalue weighted by Gasteiger charge is -2.23. The summed E-state index contributed by atoms with van der Waals surface area (Å²) in [7, 11) is 0. The van der Waals surface area contributed by atoms with Crippen molar-refractivity contribution in [1.82, 2.24) is 5.32 Å². The van der Waals surface area contributed by atoms with Crippen LogP contribution in [0.5, 0.6) is 0 Å². The third-order valence-electron chi connectivity index (χ3n) is 2.33. The molecule has 0 radical (unpaired) electrons. The van der Waals surface area contributed by atoms with Crippen LogP contribution in [0.15, 0.2) is 11.1 Å². The van der Waals surface area contributed by atoms with E-state index in [0.717, 1.165) is 17.3 Å². The van der Waals surface area contributed by atoms with Crippen LogP contribution in [0.1, 0.15) is 33.1 Å². The smallest absolute Gasteiger partial charge is 0.220 e. The predicted molar refractivity (Wildman–Crippen MR) is 67.8 cm³/mol. The molecule has 3 nitrogen and oxygen atoms in total. The van der Waals surface area contributed by atoms with Crippen LogP contribution in [-0.4, -0.2) is 19.0 Å². The fourth-order valence-corrected chi connectivity index (χ4v) is 1.39. The molecular formula is C11H21BrN2O. The Labute approximate surface area is 101 Å². The van der Waals surface area contributed by atoms with Gasteiger partial charge in [0, 0.05) is 17.4 Å². The van der Waals surface area contributed by atoms with Gasteiger partial charge < -0.3 is 11.1 Å². The van der Waals surface area contributed by atoms with E-state index in [0.29, 0.717) is 19.5 Å². The summed E-state index contributed by atoms with van der Waals surface area (Å²) in [5.41, 5.74) is 5.65. The molecule has 0 unspecified atom stereocenters. The molecule has 0 rings (SSSR count). The molecule has 88 valence electrons. The van der Waals surface area contributed by atoms with E-state index in [1.165, 1.54) is 0 Å². The fraction of sp³-hybridized carbons (Fsp3) is 0.727. The monoisotopic (exact) mass is 276 g/mol. The number of nitrogens with two attached hydrogens (primary N) is 1. The predicted octanol–water partition coefficient (Wildman–Crippen LogP) is 2.17. The molecule has 0 bridgehead atoms. The zero-order chi connectivity index (χ0) is 11.9. The van der Waals surface area contributed by atoms with E-state index in [1.54, 1.807) is 0 Å². The Morgan fingerprint density at radius 1 is 1.47 bits per heavy atom. The van der Waals surface area contributed by atoms with Crippen LogP contribution in [0.2, 0.25) is 0 Å². The largest absolute Gasteiger partial charge is 0.352 e. The van der Waals surface area contributed by atoms with Crippen molar-refractivity contribution < 1.29 is 4.79 Å². The lowest BCUT2D eigenvalue weighted by atomic mass is 9.84. The van der Waals surface area contributed by atoms with Gasteiger partial charge in [0.2, 0.25) is 5.91 Å². The summed E-state index contributed by atoms with van der Waals surface area (Å²) < 4.78 is 0.789. The molecule has 0 aliphatic carbocycles. The van der Waals surface area contributed by atoms with Crippen molar-refractivity contribution in [2.75, 3.05) is 13.1 Å². The number of amides is 1. The van der Waals surface area contributed by atoms with Crippen molar-refractivity contribution in [3.05, 3.63) is 11.1 Å². The third-order valence-corrected chi connectivity index (χ3v) is 2.61. The zero-order valence-corrected chi connectivity index (χ0v) is 11.2. The minimum Gasteiger partial charge on any atom is -0.352 e. The van der Waals surface area contributed by atoms with Crippen molar-refractivity contribution in [2.45, 2.75) is 33.1 Å². The first-order valence-electron chi connectivity index (χ1n) is 5.17. The Hall–Kier alpha value is -0.350. The number of hydrogen-bond acceptors (Lipinski definition) is 2. The summed E-state index contributed by atoms with van der Waals surface area (Å²) >= 11 is 3.19. The van der Waals surface area contributed by atoms with Gasteiger partial charge in [-0.3, -0.25) is 4.79 Å². The van der Waals surface area contributed by atoms with Crippen LogP contribution in [0, 0.1) is 5.41 Å². The minimum absolute atomic E-state index is 0.0701. The van der Waals surface area contributed by atoms with Crippen molar-refractivity contribution in [2.24, 2.45) is 11.1 Å². The molecule has 0 saturated carbocycles. The van der Waals surface area contributed by atoms with Crippen LogP contribution >= 0.6 is 15.9 Å². The van der Waals surface area contributed by atoms with Crippen molar-refractivity contribution in [3.8, 4) is 0 Å². The number of hydrogen-bond donors (Lipinski definition) is 2. The number of carbonyl (C=O) groups excluding carboxylic acids is 1. The Balaban J connectivity index is 3.74. The van der Waals surface area contributed by atoms with Crippen molar-refractivity contribution in [1.29, 1.82) is 0 Å². The molecule has 1 amide bonds. The average molecular weight is 277 g/mol. The number of halogens is 1. The summed E-state index contributed by atoms with van der Waals surface area (Å²) in [6.45, 7) is 9.09. The maximum absolute atomic E-state index is 11.4. The fourth-order valence-electron chi connectivity index (χ4n) is 1.25. The molecular weight excluding hydrogens is 256 g/mol. The van der Waals surface area contributed by atoms with E-state index in [2.05, 4.69) is 41.7 Å². The van der Waals surface area contributed by atoms with Gasteiger partial charge in [0.1, 0.15) is 0 Å². The van der Waals surface area contributed by atoms with Crippen LogP contribution in [0.25, 0.3) is 0 Å². The summed E-state index contributed by atoms with van der Waals surface area (Å²) in [5, 5.41) is 2.78. The highest BCUT2D eigenvalue weighted by atomic mass is 79.9. The molecule has 0 aromatic rings. The standard InChI is InChI=1S/C11H21BrN2O/c1-9(12)8-14-10(15)4-5-11(2,3)6-7-13/h1,4-8,13H2,2-3H3,(H,14,15). The van der Waals surface area contributed by atoms with E-state index in [4.69, 9.17) is 5.73 Å². The lowest BCUT2D eigenvalue weighted by molar-refractivity contribution is -0.121. The Kier molecular flexibility index (Phi) is 6.85. The molecule has 3 N–H and O–H groups in total. The van der Waals surface area contributed by atoms with Gasteiger partial charge in [0.25, 0.3) is 0 Å². The Morgan fingerprint density at radius 3 is 2.53 bits per heavy atom. The minimum atomic E-state index is 0.0701. The summed E-state index contributed by atoms with van der Waals surface area (Å²) in [6.07, 6.45) is 2.36.